The zero-order valence-electron chi connectivity index (χ0n) is 12.6. The van der Waals surface area contributed by atoms with E-state index in [-0.39, 0.29) is 17.3 Å². The van der Waals surface area contributed by atoms with E-state index in [4.69, 9.17) is 0 Å². The van der Waals surface area contributed by atoms with Gasteiger partial charge in [-0.1, -0.05) is 30.0 Å². The minimum atomic E-state index is -0.842. The number of thioether (sulfide) groups is 1. The molecule has 1 heterocycles. The molecule has 10 heteroatoms. The number of anilines is 2. The number of halogens is 2. The summed E-state index contributed by atoms with van der Waals surface area (Å²) >= 11 is 2.25. The molecule has 0 spiro atoms. The molecule has 1 aromatic heterocycles. The molecule has 0 aliphatic rings. The molecule has 0 aliphatic heterocycles. The highest BCUT2D eigenvalue weighted by atomic mass is 32.2. The Morgan fingerprint density at radius 2 is 2.00 bits per heavy atom. The van der Waals surface area contributed by atoms with Crippen molar-refractivity contribution in [2.45, 2.75) is 24.1 Å². The van der Waals surface area contributed by atoms with Gasteiger partial charge in [0, 0.05) is 12.5 Å². The van der Waals surface area contributed by atoms with Gasteiger partial charge in [0.2, 0.25) is 16.9 Å². The fraction of sp³-hybridized carbons (Fsp3) is 0.286. The van der Waals surface area contributed by atoms with Crippen molar-refractivity contribution in [2.75, 3.05) is 16.4 Å². The highest BCUT2D eigenvalue weighted by molar-refractivity contribution is 8.01. The van der Waals surface area contributed by atoms with E-state index in [2.05, 4.69) is 20.8 Å². The predicted molar refractivity (Wildman–Crippen MR) is 89.2 cm³/mol. The Balaban J connectivity index is 1.83. The van der Waals surface area contributed by atoms with Gasteiger partial charge in [-0.2, -0.15) is 0 Å². The van der Waals surface area contributed by atoms with Gasteiger partial charge < -0.3 is 10.6 Å². The summed E-state index contributed by atoms with van der Waals surface area (Å²) < 4.78 is 26.7. The molecular weight excluding hydrogens is 358 g/mol. The summed E-state index contributed by atoms with van der Waals surface area (Å²) in [6.07, 6.45) is 1.13. The Bertz CT molecular complexity index is 739. The first-order valence-electron chi connectivity index (χ1n) is 6.99. The lowest BCUT2D eigenvalue weighted by atomic mass is 10.3. The van der Waals surface area contributed by atoms with Crippen molar-refractivity contribution in [3.8, 4) is 0 Å². The summed E-state index contributed by atoms with van der Waals surface area (Å²) in [4.78, 5) is 23.2. The van der Waals surface area contributed by atoms with E-state index >= 15 is 0 Å². The van der Waals surface area contributed by atoms with Gasteiger partial charge in [-0.3, -0.25) is 9.59 Å². The first-order chi connectivity index (χ1) is 11.5. The van der Waals surface area contributed by atoms with Crippen LogP contribution in [0.25, 0.3) is 0 Å². The Labute approximate surface area is 145 Å². The van der Waals surface area contributed by atoms with Gasteiger partial charge >= 0.3 is 0 Å². The van der Waals surface area contributed by atoms with Crippen LogP contribution in [0.15, 0.2) is 22.5 Å². The first-order valence-corrected chi connectivity index (χ1v) is 8.79. The number of rotatable bonds is 7. The highest BCUT2D eigenvalue weighted by Gasteiger charge is 2.12. The Morgan fingerprint density at radius 1 is 1.21 bits per heavy atom. The number of carbonyl (C=O) groups excluding carboxylic acids is 2. The van der Waals surface area contributed by atoms with Crippen molar-refractivity contribution in [1.29, 1.82) is 0 Å². The van der Waals surface area contributed by atoms with Crippen LogP contribution in [0.5, 0.6) is 0 Å². The second-order valence-corrected chi connectivity index (χ2v) is 6.83. The van der Waals surface area contributed by atoms with Crippen LogP contribution in [-0.2, 0) is 9.59 Å². The minimum Gasteiger partial charge on any atom is -0.323 e. The topological polar surface area (TPSA) is 84.0 Å². The van der Waals surface area contributed by atoms with Crippen molar-refractivity contribution in [1.82, 2.24) is 10.2 Å². The van der Waals surface area contributed by atoms with E-state index in [0.717, 1.165) is 41.7 Å². The van der Waals surface area contributed by atoms with Gasteiger partial charge in [0.1, 0.15) is 11.6 Å². The lowest BCUT2D eigenvalue weighted by Crippen LogP contribution is -2.15. The third-order valence-corrected chi connectivity index (χ3v) is 4.63. The Kier molecular flexibility index (Phi) is 6.62. The highest BCUT2D eigenvalue weighted by Crippen LogP contribution is 2.26. The molecule has 0 unspecified atom stereocenters. The van der Waals surface area contributed by atoms with Crippen molar-refractivity contribution in [2.24, 2.45) is 0 Å². The van der Waals surface area contributed by atoms with Gasteiger partial charge in [0.05, 0.1) is 11.4 Å². The summed E-state index contributed by atoms with van der Waals surface area (Å²) in [6.45, 7) is 1.89. The summed E-state index contributed by atoms with van der Waals surface area (Å²) in [6, 6.07) is 2.90. The van der Waals surface area contributed by atoms with Crippen LogP contribution in [0.2, 0.25) is 0 Å². The zero-order chi connectivity index (χ0) is 17.5. The van der Waals surface area contributed by atoms with Crippen molar-refractivity contribution < 1.29 is 18.4 Å². The van der Waals surface area contributed by atoms with Crippen LogP contribution in [0.4, 0.5) is 19.6 Å². The molecule has 0 bridgehead atoms. The molecule has 2 aromatic rings. The number of nitrogens with zero attached hydrogens (tertiary/aromatic N) is 2. The van der Waals surface area contributed by atoms with Crippen LogP contribution in [-0.4, -0.2) is 27.8 Å². The van der Waals surface area contributed by atoms with Gasteiger partial charge in [-0.25, -0.2) is 8.78 Å². The van der Waals surface area contributed by atoms with E-state index < -0.39 is 17.5 Å². The quantitative estimate of drug-likeness (QED) is 0.576. The third-order valence-electron chi connectivity index (χ3n) is 2.66. The summed E-state index contributed by atoms with van der Waals surface area (Å²) in [5.74, 6) is -2.18. The van der Waals surface area contributed by atoms with Gasteiger partial charge in [-0.05, 0) is 18.6 Å². The number of hydrogen-bond acceptors (Lipinski definition) is 6. The number of benzene rings is 1. The minimum absolute atomic E-state index is 0.0195. The number of carbonyl (C=O) groups is 2. The maximum absolute atomic E-state index is 13.4. The number of aromatic nitrogens is 2. The molecule has 0 fully saturated rings. The molecule has 0 saturated heterocycles. The van der Waals surface area contributed by atoms with Crippen molar-refractivity contribution in [3.05, 3.63) is 29.8 Å². The molecule has 2 N–H and O–H groups in total. The maximum Gasteiger partial charge on any atom is 0.234 e. The molecule has 0 radical (unpaired) electrons. The molecule has 0 aliphatic carbocycles. The van der Waals surface area contributed by atoms with Gasteiger partial charge in [0.25, 0.3) is 0 Å². The number of hydrogen-bond donors (Lipinski definition) is 2. The van der Waals surface area contributed by atoms with Gasteiger partial charge in [0.15, 0.2) is 4.34 Å². The molecule has 0 saturated carbocycles. The first kappa shape index (κ1) is 18.3. The molecule has 2 rings (SSSR count). The molecule has 1 aromatic carbocycles. The van der Waals surface area contributed by atoms with Crippen molar-refractivity contribution in [3.63, 3.8) is 0 Å². The van der Waals surface area contributed by atoms with E-state index in [9.17, 15) is 18.4 Å². The predicted octanol–water partition coefficient (Wildman–Crippen LogP) is 3.29. The molecular formula is C14H14F2N4O2S2. The fourth-order valence-electron chi connectivity index (χ4n) is 1.63. The molecule has 0 atom stereocenters. The third kappa shape index (κ3) is 5.53. The molecule has 128 valence electrons. The molecule has 2 amide bonds. The SMILES string of the molecule is CCCC(=O)Nc1nnc(SCC(=O)Nc2ccc(F)cc2F)s1. The second kappa shape index (κ2) is 8.69. The molecule has 6 nitrogen and oxygen atoms in total. The van der Waals surface area contributed by atoms with Crippen molar-refractivity contribution >= 4 is 45.7 Å². The monoisotopic (exact) mass is 372 g/mol. The van der Waals surface area contributed by atoms with Crippen LogP contribution >= 0.6 is 23.1 Å². The summed E-state index contributed by atoms with van der Waals surface area (Å²) in [5, 5.41) is 13.0. The number of nitrogens with one attached hydrogen (secondary N) is 2. The van der Waals surface area contributed by atoms with Crippen LogP contribution in [0.3, 0.4) is 0 Å². The number of amides is 2. The van der Waals surface area contributed by atoms with Crippen LogP contribution in [0, 0.1) is 11.6 Å². The lowest BCUT2D eigenvalue weighted by Gasteiger charge is -2.05. The average Bonchev–Trinajstić information content (AvgIpc) is 2.96. The maximum atomic E-state index is 13.4. The zero-order valence-corrected chi connectivity index (χ0v) is 14.3. The average molecular weight is 372 g/mol. The second-order valence-electron chi connectivity index (χ2n) is 4.63. The Morgan fingerprint density at radius 3 is 2.71 bits per heavy atom. The largest absolute Gasteiger partial charge is 0.323 e. The normalized spacial score (nSPS) is 10.5. The van der Waals surface area contributed by atoms with E-state index in [1.807, 2.05) is 6.92 Å². The summed E-state index contributed by atoms with van der Waals surface area (Å²) in [7, 11) is 0. The van der Waals surface area contributed by atoms with E-state index in [1.54, 1.807) is 0 Å². The Hall–Kier alpha value is -2.07. The lowest BCUT2D eigenvalue weighted by molar-refractivity contribution is -0.116. The fourth-order valence-corrected chi connectivity index (χ4v) is 3.20. The molecule has 24 heavy (non-hydrogen) atoms. The van der Waals surface area contributed by atoms with E-state index in [1.165, 1.54) is 0 Å². The van der Waals surface area contributed by atoms with E-state index in [0.29, 0.717) is 22.0 Å². The standard InChI is InChI=1S/C14H14F2N4O2S2/c1-2-3-11(21)18-13-19-20-14(24-13)23-7-12(22)17-10-5-4-8(15)6-9(10)16/h4-6H,2-3,7H2,1H3,(H,17,22)(H,18,19,21). The smallest absolute Gasteiger partial charge is 0.234 e. The van der Waals surface area contributed by atoms with Crippen LogP contribution in [0.1, 0.15) is 19.8 Å². The summed E-state index contributed by atoms with van der Waals surface area (Å²) in [5.41, 5.74) is -0.0909. The van der Waals surface area contributed by atoms with Crippen LogP contribution < -0.4 is 10.6 Å². The van der Waals surface area contributed by atoms with Gasteiger partial charge in [-0.15, -0.1) is 10.2 Å².